The summed E-state index contributed by atoms with van der Waals surface area (Å²) in [5.41, 5.74) is 8.08. The molecule has 1 aliphatic carbocycles. The normalized spacial score (nSPS) is 15.4. The number of hydrogen-bond donors (Lipinski definition) is 1. The van der Waals surface area contributed by atoms with Crippen LogP contribution < -0.4 is 15.2 Å². The molecule has 2 N–H and O–H groups in total. The highest BCUT2D eigenvalue weighted by Crippen LogP contribution is 2.41. The van der Waals surface area contributed by atoms with Crippen LogP contribution >= 0.6 is 0 Å². The minimum Gasteiger partial charge on any atom is -0.493 e. The zero-order chi connectivity index (χ0) is 17.2. The Kier molecular flexibility index (Phi) is 4.40. The second kappa shape index (κ2) is 6.49. The zero-order valence-corrected chi connectivity index (χ0v) is 13.5. The lowest BCUT2D eigenvalue weighted by molar-refractivity contribution is -0.384. The van der Waals surface area contributed by atoms with Crippen LogP contribution in [0.5, 0.6) is 11.5 Å². The smallest absolute Gasteiger partial charge is 0.269 e. The Labute approximate surface area is 140 Å². The molecule has 1 fully saturated rings. The average molecular weight is 328 g/mol. The lowest BCUT2D eigenvalue weighted by Gasteiger charge is -2.38. The molecule has 0 amide bonds. The highest BCUT2D eigenvalue weighted by atomic mass is 16.6. The van der Waals surface area contributed by atoms with Gasteiger partial charge in [-0.05, 0) is 54.7 Å². The molecule has 2 aromatic rings. The van der Waals surface area contributed by atoms with E-state index in [1.165, 1.54) is 12.1 Å². The molecule has 6 heteroatoms. The van der Waals surface area contributed by atoms with Crippen molar-refractivity contribution in [1.82, 2.24) is 0 Å². The first-order valence-corrected chi connectivity index (χ1v) is 7.85. The summed E-state index contributed by atoms with van der Waals surface area (Å²) < 4.78 is 11.2. The second-order valence-corrected chi connectivity index (χ2v) is 6.09. The van der Waals surface area contributed by atoms with Gasteiger partial charge in [-0.15, -0.1) is 0 Å². The van der Waals surface area contributed by atoms with E-state index in [4.69, 9.17) is 15.2 Å². The van der Waals surface area contributed by atoms with Crippen molar-refractivity contribution in [3.8, 4) is 11.5 Å². The molecule has 0 radical (unpaired) electrons. The number of nitro benzene ring substituents is 1. The van der Waals surface area contributed by atoms with E-state index in [0.717, 1.165) is 30.4 Å². The topological polar surface area (TPSA) is 87.6 Å². The fourth-order valence-electron chi connectivity index (χ4n) is 2.82. The van der Waals surface area contributed by atoms with Gasteiger partial charge in [-0.2, -0.15) is 0 Å². The molecule has 1 aliphatic rings. The molecule has 1 saturated carbocycles. The van der Waals surface area contributed by atoms with Gasteiger partial charge in [-0.3, -0.25) is 10.1 Å². The van der Waals surface area contributed by atoms with Gasteiger partial charge in [-0.1, -0.05) is 6.07 Å². The van der Waals surface area contributed by atoms with E-state index < -0.39 is 4.92 Å². The van der Waals surface area contributed by atoms with E-state index in [1.807, 2.05) is 18.2 Å². The summed E-state index contributed by atoms with van der Waals surface area (Å²) in [6, 6.07) is 12.1. The number of nitro groups is 1. The molecule has 3 rings (SSSR count). The molecule has 0 atom stereocenters. The Morgan fingerprint density at radius 3 is 2.42 bits per heavy atom. The number of benzene rings is 2. The first kappa shape index (κ1) is 16.3. The Morgan fingerprint density at radius 2 is 1.88 bits per heavy atom. The van der Waals surface area contributed by atoms with Gasteiger partial charge in [0.05, 0.1) is 12.0 Å². The van der Waals surface area contributed by atoms with Crippen LogP contribution in [0.4, 0.5) is 5.69 Å². The lowest BCUT2D eigenvalue weighted by atomic mass is 9.73. The minimum atomic E-state index is -0.421. The largest absolute Gasteiger partial charge is 0.493 e. The number of methoxy groups -OCH3 is 1. The van der Waals surface area contributed by atoms with E-state index >= 15 is 0 Å². The molecule has 6 nitrogen and oxygen atoms in total. The van der Waals surface area contributed by atoms with Gasteiger partial charge in [0.2, 0.25) is 0 Å². The fourth-order valence-corrected chi connectivity index (χ4v) is 2.82. The summed E-state index contributed by atoms with van der Waals surface area (Å²) in [5, 5.41) is 10.7. The molecule has 24 heavy (non-hydrogen) atoms. The number of hydrogen-bond acceptors (Lipinski definition) is 5. The number of nitrogens with zero attached hydrogens (tertiary/aromatic N) is 1. The summed E-state index contributed by atoms with van der Waals surface area (Å²) in [5.74, 6) is 1.27. The average Bonchev–Trinajstić information content (AvgIpc) is 2.58. The third-order valence-electron chi connectivity index (χ3n) is 4.53. The van der Waals surface area contributed by atoms with Crippen molar-refractivity contribution >= 4 is 5.69 Å². The third-order valence-corrected chi connectivity index (χ3v) is 4.53. The van der Waals surface area contributed by atoms with E-state index in [-0.39, 0.29) is 11.2 Å². The molecular weight excluding hydrogens is 308 g/mol. The Morgan fingerprint density at radius 1 is 1.17 bits per heavy atom. The van der Waals surface area contributed by atoms with Crippen molar-refractivity contribution in [3.63, 3.8) is 0 Å². The highest BCUT2D eigenvalue weighted by Gasteiger charge is 2.34. The maximum absolute atomic E-state index is 10.7. The van der Waals surface area contributed by atoms with Gasteiger partial charge in [0, 0.05) is 17.7 Å². The van der Waals surface area contributed by atoms with Crippen molar-refractivity contribution in [2.75, 3.05) is 7.11 Å². The predicted molar refractivity (Wildman–Crippen MR) is 90.1 cm³/mol. The van der Waals surface area contributed by atoms with Crippen molar-refractivity contribution in [2.24, 2.45) is 5.73 Å². The van der Waals surface area contributed by atoms with Crippen LogP contribution in [0, 0.1) is 10.1 Å². The van der Waals surface area contributed by atoms with Gasteiger partial charge in [0.15, 0.2) is 11.5 Å². The Balaban J connectivity index is 1.71. The monoisotopic (exact) mass is 328 g/mol. The number of non-ortho nitro benzene ring substituents is 1. The van der Waals surface area contributed by atoms with Crippen LogP contribution in [0.1, 0.15) is 30.4 Å². The van der Waals surface area contributed by atoms with E-state index in [2.05, 4.69) is 0 Å². The van der Waals surface area contributed by atoms with Crippen LogP contribution in [0.3, 0.4) is 0 Å². The minimum absolute atomic E-state index is 0.0643. The SMILES string of the molecule is COc1cc(C2(N)CCC2)ccc1OCc1ccc([N+](=O)[O-])cc1. The number of nitrogens with two attached hydrogens (primary N) is 1. The fraction of sp³-hybridized carbons (Fsp3) is 0.333. The predicted octanol–water partition coefficient (Wildman–Crippen LogP) is 3.52. The van der Waals surface area contributed by atoms with Gasteiger partial charge in [0.1, 0.15) is 6.61 Å². The van der Waals surface area contributed by atoms with Crippen LogP contribution in [0.15, 0.2) is 42.5 Å². The molecule has 0 aromatic heterocycles. The lowest BCUT2D eigenvalue weighted by Crippen LogP contribution is -2.43. The number of rotatable bonds is 6. The van der Waals surface area contributed by atoms with Crippen LogP contribution in [-0.2, 0) is 12.1 Å². The zero-order valence-electron chi connectivity index (χ0n) is 13.5. The molecule has 0 saturated heterocycles. The molecule has 126 valence electrons. The summed E-state index contributed by atoms with van der Waals surface area (Å²) in [6.45, 7) is 0.307. The van der Waals surface area contributed by atoms with Gasteiger partial charge in [-0.25, -0.2) is 0 Å². The van der Waals surface area contributed by atoms with Crippen molar-refractivity contribution < 1.29 is 14.4 Å². The molecule has 0 bridgehead atoms. The van der Waals surface area contributed by atoms with Crippen molar-refractivity contribution in [1.29, 1.82) is 0 Å². The third kappa shape index (κ3) is 3.19. The quantitative estimate of drug-likeness (QED) is 0.647. The standard InChI is InChI=1S/C18H20N2O4/c1-23-17-11-14(18(19)9-2-10-18)5-8-16(17)24-12-13-3-6-15(7-4-13)20(21)22/h3-8,11H,2,9-10,12,19H2,1H3. The summed E-state index contributed by atoms with van der Waals surface area (Å²) >= 11 is 0. The van der Waals surface area contributed by atoms with Crippen molar-refractivity contribution in [2.45, 2.75) is 31.4 Å². The summed E-state index contributed by atoms with van der Waals surface area (Å²) in [4.78, 5) is 10.2. The van der Waals surface area contributed by atoms with E-state index in [0.29, 0.717) is 18.1 Å². The van der Waals surface area contributed by atoms with E-state index in [9.17, 15) is 10.1 Å². The maximum Gasteiger partial charge on any atom is 0.269 e. The van der Waals surface area contributed by atoms with Crippen LogP contribution in [0.2, 0.25) is 0 Å². The maximum atomic E-state index is 10.7. The first-order valence-electron chi connectivity index (χ1n) is 7.85. The molecule has 0 aliphatic heterocycles. The molecular formula is C18H20N2O4. The van der Waals surface area contributed by atoms with Crippen molar-refractivity contribution in [3.05, 3.63) is 63.7 Å². The second-order valence-electron chi connectivity index (χ2n) is 6.09. The van der Waals surface area contributed by atoms with E-state index in [1.54, 1.807) is 19.2 Å². The summed E-state index contributed by atoms with van der Waals surface area (Å²) in [6.07, 6.45) is 3.12. The molecule has 2 aromatic carbocycles. The number of ether oxygens (including phenoxy) is 2. The molecule has 0 heterocycles. The molecule has 0 unspecified atom stereocenters. The summed E-state index contributed by atoms with van der Waals surface area (Å²) in [7, 11) is 1.60. The Bertz CT molecular complexity index is 739. The van der Waals surface area contributed by atoms with Gasteiger partial charge < -0.3 is 15.2 Å². The Hall–Kier alpha value is -2.60. The highest BCUT2D eigenvalue weighted by molar-refractivity contribution is 5.45. The van der Waals surface area contributed by atoms with Gasteiger partial charge >= 0.3 is 0 Å². The van der Waals surface area contributed by atoms with Crippen LogP contribution in [0.25, 0.3) is 0 Å². The van der Waals surface area contributed by atoms with Crippen LogP contribution in [-0.4, -0.2) is 12.0 Å². The van der Waals surface area contributed by atoms with Gasteiger partial charge in [0.25, 0.3) is 5.69 Å². The molecule has 0 spiro atoms. The first-order chi connectivity index (χ1) is 11.5.